The Bertz CT molecular complexity index is 1600. The summed E-state index contributed by atoms with van der Waals surface area (Å²) in [5.41, 5.74) is 4.02. The van der Waals surface area contributed by atoms with Crippen molar-refractivity contribution in [2.45, 2.75) is 50.4 Å². The second kappa shape index (κ2) is 11.6. The fourth-order valence-electron chi connectivity index (χ4n) is 5.96. The van der Waals surface area contributed by atoms with Crippen molar-refractivity contribution in [3.05, 3.63) is 108 Å². The third-order valence-electron chi connectivity index (χ3n) is 8.12. The molecule has 3 N–H and O–H groups in total. The van der Waals surface area contributed by atoms with Crippen molar-refractivity contribution in [1.29, 1.82) is 0 Å². The molecule has 0 bridgehead atoms. The number of aliphatic hydroxyl groups excluding tert-OH is 1. The Hall–Kier alpha value is -4.00. The number of para-hydroxylation sites is 1. The number of aliphatic hydroxyl groups is 1. The Balaban J connectivity index is 1.09. The molecule has 40 heavy (non-hydrogen) atoms. The van der Waals surface area contributed by atoms with Crippen molar-refractivity contribution < 1.29 is 5.11 Å². The number of aromatic nitrogens is 2. The van der Waals surface area contributed by atoms with Gasteiger partial charge in [-0.05, 0) is 65.3 Å². The van der Waals surface area contributed by atoms with E-state index in [1.165, 1.54) is 0 Å². The van der Waals surface area contributed by atoms with Crippen LogP contribution in [-0.4, -0.2) is 41.3 Å². The van der Waals surface area contributed by atoms with Gasteiger partial charge < -0.3 is 20.6 Å². The summed E-state index contributed by atoms with van der Waals surface area (Å²) in [5.74, 6) is 1.64. The molecule has 4 aromatic carbocycles. The highest BCUT2D eigenvalue weighted by molar-refractivity contribution is 5.90. The number of nitrogens with zero attached hydrogens (tertiary/aromatic N) is 3. The van der Waals surface area contributed by atoms with Crippen LogP contribution in [0.5, 0.6) is 0 Å². The van der Waals surface area contributed by atoms with E-state index in [2.05, 4.69) is 53.1 Å². The van der Waals surface area contributed by atoms with Crippen molar-refractivity contribution in [1.82, 2.24) is 15.3 Å². The Labute approximate surface area is 236 Å². The molecule has 6 heteroatoms. The normalized spacial score (nSPS) is 18.1. The van der Waals surface area contributed by atoms with E-state index in [4.69, 9.17) is 9.97 Å². The zero-order valence-corrected chi connectivity index (χ0v) is 23.2. The summed E-state index contributed by atoms with van der Waals surface area (Å²) in [5, 5.41) is 22.1. The van der Waals surface area contributed by atoms with Gasteiger partial charge in [0, 0.05) is 38.1 Å². The van der Waals surface area contributed by atoms with E-state index in [9.17, 15) is 5.11 Å². The topological polar surface area (TPSA) is 73.3 Å². The first-order chi connectivity index (χ1) is 19.6. The quantitative estimate of drug-likeness (QED) is 0.214. The van der Waals surface area contributed by atoms with Crippen molar-refractivity contribution in [3.8, 4) is 0 Å². The fraction of sp³-hybridized carbons (Fsp3) is 0.294. The third-order valence-corrected chi connectivity index (χ3v) is 8.12. The minimum Gasteiger partial charge on any atom is -0.384 e. The first kappa shape index (κ1) is 26.2. The summed E-state index contributed by atoms with van der Waals surface area (Å²) in [6.07, 6.45) is 3.62. The van der Waals surface area contributed by atoms with Gasteiger partial charge in [-0.2, -0.15) is 4.98 Å². The largest absolute Gasteiger partial charge is 0.384 e. The molecular weight excluding hydrogens is 494 g/mol. The van der Waals surface area contributed by atoms with Gasteiger partial charge in [-0.25, -0.2) is 4.98 Å². The maximum absolute atomic E-state index is 11.5. The summed E-state index contributed by atoms with van der Waals surface area (Å²) in [7, 11) is 4.04. The highest BCUT2D eigenvalue weighted by atomic mass is 16.3. The Morgan fingerprint density at radius 1 is 0.750 bits per heavy atom. The molecule has 0 saturated heterocycles. The van der Waals surface area contributed by atoms with Gasteiger partial charge >= 0.3 is 0 Å². The molecule has 1 unspecified atom stereocenters. The van der Waals surface area contributed by atoms with Crippen LogP contribution in [0.15, 0.2) is 91.0 Å². The van der Waals surface area contributed by atoms with Gasteiger partial charge in [0.05, 0.1) is 5.52 Å². The maximum atomic E-state index is 11.5. The van der Waals surface area contributed by atoms with Crippen LogP contribution in [0, 0.1) is 0 Å². The summed E-state index contributed by atoms with van der Waals surface area (Å²) in [6, 6.07) is 31.6. The lowest BCUT2D eigenvalue weighted by Gasteiger charge is -2.30. The van der Waals surface area contributed by atoms with E-state index in [0.29, 0.717) is 18.0 Å². The van der Waals surface area contributed by atoms with Crippen molar-refractivity contribution in [3.63, 3.8) is 0 Å². The average Bonchev–Trinajstić information content (AvgIpc) is 3.00. The fourth-order valence-corrected chi connectivity index (χ4v) is 5.96. The first-order valence-electron chi connectivity index (χ1n) is 14.2. The number of hydrogen-bond acceptors (Lipinski definition) is 6. The van der Waals surface area contributed by atoms with Gasteiger partial charge in [-0.1, -0.05) is 78.9 Å². The Morgan fingerprint density at radius 2 is 1.40 bits per heavy atom. The molecule has 204 valence electrons. The summed E-state index contributed by atoms with van der Waals surface area (Å²) in [4.78, 5) is 11.7. The van der Waals surface area contributed by atoms with Crippen LogP contribution >= 0.6 is 0 Å². The Morgan fingerprint density at radius 3 is 2.23 bits per heavy atom. The van der Waals surface area contributed by atoms with Crippen molar-refractivity contribution in [2.75, 3.05) is 24.3 Å². The molecule has 1 aromatic heterocycles. The van der Waals surface area contributed by atoms with Crippen LogP contribution in [0.1, 0.15) is 48.5 Å². The summed E-state index contributed by atoms with van der Waals surface area (Å²) in [6.45, 7) is 0.737. The lowest BCUT2D eigenvalue weighted by Crippen LogP contribution is -2.37. The minimum atomic E-state index is -0.668. The van der Waals surface area contributed by atoms with Crippen LogP contribution in [0.3, 0.4) is 0 Å². The van der Waals surface area contributed by atoms with Crippen molar-refractivity contribution in [2.24, 2.45) is 0 Å². The number of rotatable bonds is 8. The SMILES string of the molecule is CN(C)c1nc(N[C@H]2CC[C@@H](NCc3ccccc3C(O)c3cccc4ccccc34)CC2)nc2ccccc12. The molecule has 1 aliphatic carbocycles. The predicted molar refractivity (Wildman–Crippen MR) is 165 cm³/mol. The van der Waals surface area contributed by atoms with E-state index in [-0.39, 0.29) is 0 Å². The number of hydrogen-bond donors (Lipinski definition) is 3. The lowest BCUT2D eigenvalue weighted by atomic mass is 9.90. The number of nitrogens with one attached hydrogen (secondary N) is 2. The molecule has 0 spiro atoms. The van der Waals surface area contributed by atoms with Gasteiger partial charge in [-0.3, -0.25) is 0 Å². The van der Waals surface area contributed by atoms with E-state index in [1.807, 2.05) is 67.5 Å². The highest BCUT2D eigenvalue weighted by Crippen LogP contribution is 2.31. The third kappa shape index (κ3) is 5.51. The zero-order valence-electron chi connectivity index (χ0n) is 23.2. The van der Waals surface area contributed by atoms with Crippen LogP contribution in [0.25, 0.3) is 21.7 Å². The molecule has 1 aliphatic rings. The van der Waals surface area contributed by atoms with Gasteiger partial charge in [0.25, 0.3) is 0 Å². The summed E-state index contributed by atoms with van der Waals surface area (Å²) >= 11 is 0. The van der Waals surface area contributed by atoms with Gasteiger partial charge in [0.2, 0.25) is 5.95 Å². The molecule has 6 rings (SSSR count). The molecule has 1 atom stereocenters. The zero-order chi connectivity index (χ0) is 27.5. The van der Waals surface area contributed by atoms with Crippen LogP contribution in [0.2, 0.25) is 0 Å². The number of anilines is 2. The number of benzene rings is 4. The molecule has 0 amide bonds. The molecule has 0 radical (unpaired) electrons. The van der Waals surface area contributed by atoms with Crippen molar-refractivity contribution >= 4 is 33.4 Å². The molecular formula is C34H37N5O. The molecule has 1 heterocycles. The smallest absolute Gasteiger partial charge is 0.225 e. The monoisotopic (exact) mass is 531 g/mol. The van der Waals surface area contributed by atoms with Crippen LogP contribution < -0.4 is 15.5 Å². The van der Waals surface area contributed by atoms with E-state index >= 15 is 0 Å². The van der Waals surface area contributed by atoms with E-state index in [0.717, 1.165) is 76.4 Å². The second-order valence-electron chi connectivity index (χ2n) is 11.0. The molecule has 6 nitrogen and oxygen atoms in total. The molecule has 5 aromatic rings. The number of fused-ring (bicyclic) bond motifs is 2. The second-order valence-corrected chi connectivity index (χ2v) is 11.0. The minimum absolute atomic E-state index is 0.356. The highest BCUT2D eigenvalue weighted by Gasteiger charge is 2.23. The summed E-state index contributed by atoms with van der Waals surface area (Å²) < 4.78 is 0. The molecule has 0 aliphatic heterocycles. The van der Waals surface area contributed by atoms with Gasteiger partial charge in [0.1, 0.15) is 11.9 Å². The maximum Gasteiger partial charge on any atom is 0.225 e. The first-order valence-corrected chi connectivity index (χ1v) is 14.2. The van der Waals surface area contributed by atoms with Gasteiger partial charge in [0.15, 0.2) is 0 Å². The lowest BCUT2D eigenvalue weighted by molar-refractivity contribution is 0.220. The predicted octanol–water partition coefficient (Wildman–Crippen LogP) is 6.44. The Kier molecular flexibility index (Phi) is 7.62. The average molecular weight is 532 g/mol. The van der Waals surface area contributed by atoms with E-state index < -0.39 is 6.10 Å². The van der Waals surface area contributed by atoms with Crippen LogP contribution in [-0.2, 0) is 6.54 Å². The van der Waals surface area contributed by atoms with Crippen LogP contribution in [0.4, 0.5) is 11.8 Å². The van der Waals surface area contributed by atoms with E-state index in [1.54, 1.807) is 0 Å². The molecule has 1 fully saturated rings. The van der Waals surface area contributed by atoms with Gasteiger partial charge in [-0.15, -0.1) is 0 Å². The molecule has 1 saturated carbocycles. The standard InChI is InChI=1S/C34H37N5O/c1-39(2)33-30-15-7-8-17-31(30)37-34(38-33)36-26-20-18-25(19-21-26)35-22-24-11-4-6-14-28(24)32(40)29-16-9-12-23-10-3-5-13-27(23)29/h3-17,25-26,32,35,40H,18-22H2,1-2H3,(H,36,37,38)/t25-,26+,32?.